The van der Waals surface area contributed by atoms with E-state index in [4.69, 9.17) is 19.3 Å². The lowest BCUT2D eigenvalue weighted by molar-refractivity contribution is -0.141. The maximum Gasteiger partial charge on any atom is 0.407 e. The van der Waals surface area contributed by atoms with Crippen LogP contribution >= 0.6 is 0 Å². The number of carboxylic acid groups (broad SMARTS) is 1. The molecular weight excluding hydrogens is 452 g/mol. The first-order valence-corrected chi connectivity index (χ1v) is 11.9. The predicted octanol–water partition coefficient (Wildman–Crippen LogP) is 2.29. The number of carbonyl (C=O) groups excluding carboxylic acids is 2. The third-order valence-electron chi connectivity index (χ3n) is 6.93. The summed E-state index contributed by atoms with van der Waals surface area (Å²) in [6, 6.07) is 15.7. The average Bonchev–Trinajstić information content (AvgIpc) is 3.59. The third kappa shape index (κ3) is 4.87. The van der Waals surface area contributed by atoms with Gasteiger partial charge in [0.25, 0.3) is 5.91 Å². The predicted molar refractivity (Wildman–Crippen MR) is 125 cm³/mol. The Labute approximate surface area is 202 Å². The Bertz CT molecular complexity index is 1070. The van der Waals surface area contributed by atoms with E-state index in [9.17, 15) is 14.4 Å². The van der Waals surface area contributed by atoms with Crippen LogP contribution in [-0.2, 0) is 23.8 Å². The van der Waals surface area contributed by atoms with Gasteiger partial charge in [-0.15, -0.1) is 0 Å². The van der Waals surface area contributed by atoms with Gasteiger partial charge in [-0.1, -0.05) is 48.5 Å². The van der Waals surface area contributed by atoms with Crippen LogP contribution in [0.4, 0.5) is 4.79 Å². The second-order valence-electron chi connectivity index (χ2n) is 9.13. The minimum atomic E-state index is -0.898. The third-order valence-corrected chi connectivity index (χ3v) is 6.93. The van der Waals surface area contributed by atoms with Crippen molar-refractivity contribution >= 4 is 18.0 Å². The van der Waals surface area contributed by atoms with Gasteiger partial charge in [0.05, 0.1) is 24.7 Å². The first-order valence-electron chi connectivity index (χ1n) is 11.9. The molecule has 9 heteroatoms. The zero-order valence-electron chi connectivity index (χ0n) is 19.1. The first kappa shape index (κ1) is 23.3. The number of amides is 2. The van der Waals surface area contributed by atoms with Crippen molar-refractivity contribution in [2.45, 2.75) is 37.0 Å². The topological polar surface area (TPSA) is 123 Å². The molecule has 2 aromatic rings. The second kappa shape index (κ2) is 10.1. The summed E-state index contributed by atoms with van der Waals surface area (Å²) in [4.78, 5) is 36.3. The minimum absolute atomic E-state index is 0.0480. The van der Waals surface area contributed by atoms with Crippen molar-refractivity contribution in [3.63, 3.8) is 0 Å². The first-order chi connectivity index (χ1) is 17.0. The van der Waals surface area contributed by atoms with Crippen molar-refractivity contribution in [3.05, 3.63) is 59.7 Å². The fourth-order valence-corrected chi connectivity index (χ4v) is 5.12. The number of aliphatic carboxylic acids is 1. The summed E-state index contributed by atoms with van der Waals surface area (Å²) in [5, 5.41) is 14.6. The van der Waals surface area contributed by atoms with Crippen LogP contribution in [0, 0.1) is 5.92 Å². The smallest absolute Gasteiger partial charge is 0.407 e. The normalized spacial score (nSPS) is 25.0. The molecular formula is C26H28N2O7. The van der Waals surface area contributed by atoms with Crippen LogP contribution in [0.3, 0.4) is 0 Å². The van der Waals surface area contributed by atoms with E-state index in [1.165, 1.54) is 0 Å². The molecule has 35 heavy (non-hydrogen) atoms. The lowest BCUT2D eigenvalue weighted by atomic mass is 9.98. The molecule has 2 amide bonds. The van der Waals surface area contributed by atoms with Crippen LogP contribution in [0.5, 0.6) is 0 Å². The molecule has 9 nitrogen and oxygen atoms in total. The molecule has 1 aliphatic carbocycles. The molecule has 4 atom stereocenters. The minimum Gasteiger partial charge on any atom is -0.481 e. The van der Waals surface area contributed by atoms with Gasteiger partial charge in [-0.2, -0.15) is 0 Å². The number of fused-ring (bicyclic) bond motifs is 3. The summed E-state index contributed by atoms with van der Waals surface area (Å²) in [6.07, 6.45) is -0.947. The Morgan fingerprint density at radius 1 is 1.00 bits per heavy atom. The van der Waals surface area contributed by atoms with Gasteiger partial charge in [-0.25, -0.2) is 4.79 Å². The number of alkyl carbamates (subject to hydrolysis) is 1. The number of benzene rings is 2. The van der Waals surface area contributed by atoms with E-state index in [-0.39, 0.29) is 37.7 Å². The maximum atomic E-state index is 12.7. The number of rotatable bonds is 7. The Morgan fingerprint density at radius 3 is 2.34 bits per heavy atom. The van der Waals surface area contributed by atoms with Gasteiger partial charge in [-0.3, -0.25) is 9.59 Å². The van der Waals surface area contributed by atoms with Gasteiger partial charge in [0.2, 0.25) is 0 Å². The highest BCUT2D eigenvalue weighted by Crippen LogP contribution is 2.44. The monoisotopic (exact) mass is 480 g/mol. The highest BCUT2D eigenvalue weighted by molar-refractivity contribution is 5.83. The fraction of sp³-hybridized carbons (Fsp3) is 0.423. The standard InChI is InChI=1S/C26H28N2O7/c29-24(27-12-16-11-15(13-34-16)25(30)31)23-22(9-10-33-23)28-26(32)35-14-21-19-7-3-1-5-17(19)18-6-2-4-8-20(18)21/h1-8,15-16,21-23H,9-14H2,(H,27,29)(H,28,32)(H,30,31)/t15-,16-,22?,23?/m0/s1. The zero-order chi connectivity index (χ0) is 24.4. The van der Waals surface area contributed by atoms with E-state index in [2.05, 4.69) is 34.9 Å². The van der Waals surface area contributed by atoms with Crippen LogP contribution in [-0.4, -0.2) is 67.7 Å². The van der Waals surface area contributed by atoms with Crippen LogP contribution in [0.2, 0.25) is 0 Å². The van der Waals surface area contributed by atoms with E-state index in [0.29, 0.717) is 19.4 Å². The number of carbonyl (C=O) groups is 3. The summed E-state index contributed by atoms with van der Waals surface area (Å²) in [7, 11) is 0. The Hall–Kier alpha value is -3.43. The molecule has 2 heterocycles. The number of hydrogen-bond donors (Lipinski definition) is 3. The van der Waals surface area contributed by atoms with Gasteiger partial charge in [0, 0.05) is 19.1 Å². The van der Waals surface area contributed by atoms with E-state index in [1.54, 1.807) is 0 Å². The summed E-state index contributed by atoms with van der Waals surface area (Å²) in [6.45, 7) is 0.864. The molecule has 0 radical (unpaired) electrons. The summed E-state index contributed by atoms with van der Waals surface area (Å²) in [5.41, 5.74) is 4.56. The van der Waals surface area contributed by atoms with Crippen molar-refractivity contribution in [1.29, 1.82) is 0 Å². The number of ether oxygens (including phenoxy) is 3. The van der Waals surface area contributed by atoms with Crippen molar-refractivity contribution in [2.24, 2.45) is 5.92 Å². The maximum absolute atomic E-state index is 12.7. The molecule has 2 unspecified atom stereocenters. The molecule has 3 N–H and O–H groups in total. The molecule has 2 aromatic carbocycles. The van der Waals surface area contributed by atoms with Crippen molar-refractivity contribution in [3.8, 4) is 11.1 Å². The number of hydrogen-bond acceptors (Lipinski definition) is 6. The van der Waals surface area contributed by atoms with Gasteiger partial charge < -0.3 is 30.0 Å². The van der Waals surface area contributed by atoms with Crippen LogP contribution < -0.4 is 10.6 Å². The SMILES string of the molecule is O=C(NC1CCOC1C(=O)NC[C@@H]1C[C@H](C(=O)O)CO1)OCC1c2ccccc2-c2ccccc21. The molecule has 184 valence electrons. The Morgan fingerprint density at radius 2 is 1.69 bits per heavy atom. The Balaban J connectivity index is 1.13. The van der Waals surface area contributed by atoms with Gasteiger partial charge in [0.1, 0.15) is 6.61 Å². The molecule has 0 saturated carbocycles. The van der Waals surface area contributed by atoms with Gasteiger partial charge >= 0.3 is 12.1 Å². The molecule has 0 spiro atoms. The molecule has 5 rings (SSSR count). The van der Waals surface area contributed by atoms with E-state index in [0.717, 1.165) is 22.3 Å². The summed E-state index contributed by atoms with van der Waals surface area (Å²) < 4.78 is 16.6. The second-order valence-corrected chi connectivity index (χ2v) is 9.13. The van der Waals surface area contributed by atoms with Gasteiger partial charge in [0.15, 0.2) is 6.10 Å². The van der Waals surface area contributed by atoms with Crippen LogP contribution in [0.1, 0.15) is 29.9 Å². The van der Waals surface area contributed by atoms with Crippen LogP contribution in [0.15, 0.2) is 48.5 Å². The molecule has 3 aliphatic rings. The number of carboxylic acids is 1. The molecule has 2 saturated heterocycles. The number of nitrogens with one attached hydrogen (secondary N) is 2. The van der Waals surface area contributed by atoms with E-state index in [1.807, 2.05) is 24.3 Å². The Kier molecular flexibility index (Phi) is 6.70. The fourth-order valence-electron chi connectivity index (χ4n) is 5.12. The highest BCUT2D eigenvalue weighted by atomic mass is 16.6. The summed E-state index contributed by atoms with van der Waals surface area (Å²) in [5.74, 6) is -1.87. The largest absolute Gasteiger partial charge is 0.481 e. The van der Waals surface area contributed by atoms with E-state index >= 15 is 0 Å². The lowest BCUT2D eigenvalue weighted by Crippen LogP contribution is -2.49. The van der Waals surface area contributed by atoms with Gasteiger partial charge in [-0.05, 0) is 35.1 Å². The van der Waals surface area contributed by atoms with Crippen molar-refractivity contribution in [1.82, 2.24) is 10.6 Å². The van der Waals surface area contributed by atoms with E-state index < -0.39 is 30.1 Å². The molecule has 0 aromatic heterocycles. The molecule has 0 bridgehead atoms. The molecule has 2 fully saturated rings. The lowest BCUT2D eigenvalue weighted by Gasteiger charge is -2.21. The van der Waals surface area contributed by atoms with Crippen molar-refractivity contribution < 1.29 is 33.7 Å². The summed E-state index contributed by atoms with van der Waals surface area (Å²) >= 11 is 0. The highest BCUT2D eigenvalue weighted by Gasteiger charge is 2.37. The zero-order valence-corrected chi connectivity index (χ0v) is 19.1. The van der Waals surface area contributed by atoms with Crippen molar-refractivity contribution in [2.75, 3.05) is 26.4 Å². The van der Waals surface area contributed by atoms with Crippen LogP contribution in [0.25, 0.3) is 11.1 Å². The average molecular weight is 481 g/mol. The quantitative estimate of drug-likeness (QED) is 0.556. The molecule has 2 aliphatic heterocycles.